The van der Waals surface area contributed by atoms with Gasteiger partial charge in [0.1, 0.15) is 17.3 Å². The first-order valence-corrected chi connectivity index (χ1v) is 6.74. The van der Waals surface area contributed by atoms with E-state index in [1.807, 2.05) is 41.3 Å². The summed E-state index contributed by atoms with van der Waals surface area (Å²) in [5.74, 6) is 1.38. The van der Waals surface area contributed by atoms with E-state index in [0.29, 0.717) is 35.4 Å². The molecule has 2 heterocycles. The maximum Gasteiger partial charge on any atom is 0.186 e. The fourth-order valence-corrected chi connectivity index (χ4v) is 2.95. The van der Waals surface area contributed by atoms with E-state index in [9.17, 15) is 4.79 Å². The number of benzene rings is 1. The normalized spacial score (nSPS) is 17.9. The van der Waals surface area contributed by atoms with Gasteiger partial charge in [-0.3, -0.25) is 9.69 Å². The highest BCUT2D eigenvalue weighted by atomic mass is 35.5. The fraction of sp³-hybridized carbons (Fsp3) is 0.133. The molecule has 1 aromatic carbocycles. The first kappa shape index (κ1) is 11.6. The van der Waals surface area contributed by atoms with Gasteiger partial charge in [-0.05, 0) is 12.1 Å². The Morgan fingerprint density at radius 1 is 1.30 bits per heavy atom. The number of aromatic amines is 1. The molecule has 20 heavy (non-hydrogen) atoms. The molecule has 0 atom stereocenters. The predicted octanol–water partition coefficient (Wildman–Crippen LogP) is 3.36. The highest BCUT2D eigenvalue weighted by Gasteiger charge is 2.33. The molecule has 4 nitrogen and oxygen atoms in total. The van der Waals surface area contributed by atoms with Crippen LogP contribution in [0, 0.1) is 0 Å². The highest BCUT2D eigenvalue weighted by Crippen LogP contribution is 2.38. The second kappa shape index (κ2) is 4.15. The highest BCUT2D eigenvalue weighted by molar-refractivity contribution is 6.38. The van der Waals surface area contributed by atoms with Crippen molar-refractivity contribution >= 4 is 34.1 Å². The summed E-state index contributed by atoms with van der Waals surface area (Å²) >= 11 is 6.44. The minimum absolute atomic E-state index is 0.0507. The van der Waals surface area contributed by atoms with Crippen molar-refractivity contribution in [3.63, 3.8) is 0 Å². The van der Waals surface area contributed by atoms with Crippen molar-refractivity contribution in [2.45, 2.75) is 6.42 Å². The third kappa shape index (κ3) is 1.51. The van der Waals surface area contributed by atoms with Crippen LogP contribution >= 0.6 is 11.6 Å². The number of para-hydroxylation sites is 1. The minimum Gasteiger partial charge on any atom is -0.470 e. The maximum atomic E-state index is 12.1. The van der Waals surface area contributed by atoms with Crippen molar-refractivity contribution in [2.75, 3.05) is 11.6 Å². The lowest BCUT2D eigenvalue weighted by molar-refractivity contribution is -0.115. The minimum atomic E-state index is 0.0507. The first-order valence-electron chi connectivity index (χ1n) is 6.36. The van der Waals surface area contributed by atoms with Crippen LogP contribution in [0.15, 0.2) is 47.9 Å². The number of anilines is 1. The van der Waals surface area contributed by atoms with Gasteiger partial charge in [-0.25, -0.2) is 0 Å². The predicted molar refractivity (Wildman–Crippen MR) is 77.5 cm³/mol. The number of H-pyrrole nitrogens is 1. The fourth-order valence-electron chi connectivity index (χ4n) is 2.64. The van der Waals surface area contributed by atoms with Gasteiger partial charge in [0.05, 0.1) is 5.02 Å². The van der Waals surface area contributed by atoms with Gasteiger partial charge in [0.15, 0.2) is 12.5 Å². The van der Waals surface area contributed by atoms with Crippen molar-refractivity contribution in [3.8, 4) is 0 Å². The standard InChI is InChI=1S/C15H11ClN2O2/c16-13-9-4-1-2-5-10(9)17-15(13)18-8-20-12-7-3-6-11(19)14(12)18/h1-5,7,17H,6,8H2. The van der Waals surface area contributed by atoms with Crippen LogP contribution in [-0.4, -0.2) is 17.5 Å². The lowest BCUT2D eigenvalue weighted by Crippen LogP contribution is -2.25. The van der Waals surface area contributed by atoms with E-state index < -0.39 is 0 Å². The topological polar surface area (TPSA) is 45.3 Å². The summed E-state index contributed by atoms with van der Waals surface area (Å²) in [6, 6.07) is 7.79. The van der Waals surface area contributed by atoms with Crippen molar-refractivity contribution in [3.05, 3.63) is 52.9 Å². The molecule has 100 valence electrons. The number of rotatable bonds is 1. The molecule has 0 radical (unpaired) electrons. The number of allylic oxidation sites excluding steroid dienone is 3. The van der Waals surface area contributed by atoms with E-state index in [2.05, 4.69) is 4.98 Å². The Balaban J connectivity index is 1.88. The van der Waals surface area contributed by atoms with Crippen LogP contribution in [0.1, 0.15) is 6.42 Å². The molecule has 2 aromatic rings. The largest absolute Gasteiger partial charge is 0.470 e. The monoisotopic (exact) mass is 286 g/mol. The first-order chi connectivity index (χ1) is 9.75. The van der Waals surface area contributed by atoms with Gasteiger partial charge >= 0.3 is 0 Å². The van der Waals surface area contributed by atoms with E-state index in [1.165, 1.54) is 0 Å². The number of carbonyl (C=O) groups is 1. The van der Waals surface area contributed by atoms with Gasteiger partial charge in [-0.1, -0.05) is 35.9 Å². The summed E-state index contributed by atoms with van der Waals surface area (Å²) in [5.41, 5.74) is 1.53. The van der Waals surface area contributed by atoms with Crippen molar-refractivity contribution in [1.82, 2.24) is 4.98 Å². The van der Waals surface area contributed by atoms with Crippen LogP contribution in [0.3, 0.4) is 0 Å². The van der Waals surface area contributed by atoms with Crippen LogP contribution in [0.4, 0.5) is 5.82 Å². The number of ether oxygens (including phenoxy) is 1. The van der Waals surface area contributed by atoms with E-state index >= 15 is 0 Å². The Morgan fingerprint density at radius 2 is 2.15 bits per heavy atom. The Labute approximate surface area is 120 Å². The molecule has 1 aromatic heterocycles. The molecule has 4 rings (SSSR count). The van der Waals surface area contributed by atoms with E-state index in [0.717, 1.165) is 10.9 Å². The third-order valence-corrected chi connectivity index (χ3v) is 3.97. The van der Waals surface area contributed by atoms with Gasteiger partial charge in [-0.2, -0.15) is 0 Å². The van der Waals surface area contributed by atoms with Crippen molar-refractivity contribution in [2.24, 2.45) is 0 Å². The van der Waals surface area contributed by atoms with Crippen molar-refractivity contribution < 1.29 is 9.53 Å². The summed E-state index contributed by atoms with van der Waals surface area (Å²) < 4.78 is 5.56. The molecule has 0 spiro atoms. The van der Waals surface area contributed by atoms with Crippen LogP contribution in [0.2, 0.25) is 5.02 Å². The summed E-state index contributed by atoms with van der Waals surface area (Å²) in [6.07, 6.45) is 4.06. The molecule has 0 unspecified atom stereocenters. The number of hydrogen-bond acceptors (Lipinski definition) is 3. The van der Waals surface area contributed by atoms with E-state index in [-0.39, 0.29) is 5.78 Å². The number of ketones is 1. The van der Waals surface area contributed by atoms with Gasteiger partial charge in [0.2, 0.25) is 0 Å². The zero-order valence-electron chi connectivity index (χ0n) is 10.5. The summed E-state index contributed by atoms with van der Waals surface area (Å²) in [7, 11) is 0. The zero-order valence-corrected chi connectivity index (χ0v) is 11.3. The third-order valence-electron chi connectivity index (χ3n) is 3.58. The number of fused-ring (bicyclic) bond motifs is 1. The van der Waals surface area contributed by atoms with E-state index in [4.69, 9.17) is 16.3 Å². The van der Waals surface area contributed by atoms with Gasteiger partial charge in [0, 0.05) is 17.3 Å². The molecule has 1 aliphatic carbocycles. The quantitative estimate of drug-likeness (QED) is 0.874. The summed E-state index contributed by atoms with van der Waals surface area (Å²) in [5, 5.41) is 1.55. The molecule has 0 saturated heterocycles. The van der Waals surface area contributed by atoms with Crippen LogP contribution < -0.4 is 4.90 Å². The second-order valence-corrected chi connectivity index (χ2v) is 5.16. The molecule has 1 N–H and O–H groups in total. The molecule has 0 bridgehead atoms. The molecule has 1 aliphatic heterocycles. The number of hydrogen-bond donors (Lipinski definition) is 1. The number of aromatic nitrogens is 1. The summed E-state index contributed by atoms with van der Waals surface area (Å²) in [4.78, 5) is 17.2. The molecular weight excluding hydrogens is 276 g/mol. The van der Waals surface area contributed by atoms with Gasteiger partial charge in [0.25, 0.3) is 0 Å². The second-order valence-electron chi connectivity index (χ2n) is 4.78. The number of carbonyl (C=O) groups excluding carboxylic acids is 1. The summed E-state index contributed by atoms with van der Waals surface area (Å²) in [6.45, 7) is 0.299. The van der Waals surface area contributed by atoms with Crippen LogP contribution in [0.25, 0.3) is 10.9 Å². The SMILES string of the molecule is O=C1CC=CC2=C1N(c1[nH]c3ccccc3c1Cl)CO2. The lowest BCUT2D eigenvalue weighted by Gasteiger charge is -2.18. The van der Waals surface area contributed by atoms with Crippen molar-refractivity contribution in [1.29, 1.82) is 0 Å². The number of nitrogens with zero attached hydrogens (tertiary/aromatic N) is 1. The molecule has 5 heteroatoms. The average molecular weight is 287 g/mol. The number of halogens is 1. The average Bonchev–Trinajstić information content (AvgIpc) is 3.02. The van der Waals surface area contributed by atoms with E-state index in [1.54, 1.807) is 0 Å². The molecule has 2 aliphatic rings. The van der Waals surface area contributed by atoms with Crippen LogP contribution in [-0.2, 0) is 9.53 Å². The molecular formula is C15H11ClN2O2. The smallest absolute Gasteiger partial charge is 0.186 e. The molecule has 0 saturated carbocycles. The van der Waals surface area contributed by atoms with Gasteiger partial charge < -0.3 is 9.72 Å². The molecule has 0 fully saturated rings. The Morgan fingerprint density at radius 3 is 3.00 bits per heavy atom. The maximum absolute atomic E-state index is 12.1. The van der Waals surface area contributed by atoms with Gasteiger partial charge in [-0.15, -0.1) is 0 Å². The Bertz CT molecular complexity index is 788. The zero-order chi connectivity index (χ0) is 13.7. The number of nitrogens with one attached hydrogen (secondary N) is 1. The Hall–Kier alpha value is -2.20. The number of Topliss-reactive ketones (excluding diaryl/α,β-unsaturated/α-hetero) is 1. The lowest BCUT2D eigenvalue weighted by atomic mass is 10.1. The Kier molecular flexibility index (Phi) is 2.41. The van der Waals surface area contributed by atoms with Crippen LogP contribution in [0.5, 0.6) is 0 Å². The molecule has 0 amide bonds.